The molecule has 0 saturated carbocycles. The van der Waals surface area contributed by atoms with Crippen molar-refractivity contribution in [2.45, 2.75) is 58.7 Å². The number of amides is 1. The number of rotatable bonds is 5. The molecule has 0 radical (unpaired) electrons. The molecule has 0 bridgehead atoms. The SMILES string of the molecule is CC(C)c1ccc(C(O)(c2cncc(C(N)=NO)c2)C2(C)CN(C(=O)OC(C)(C)C)C2)cc1. The minimum atomic E-state index is -1.49. The first-order chi connectivity index (χ1) is 15.3. The van der Waals surface area contributed by atoms with E-state index in [9.17, 15) is 9.90 Å². The number of ether oxygens (including phenoxy) is 1. The van der Waals surface area contributed by atoms with E-state index < -0.39 is 22.7 Å². The minimum Gasteiger partial charge on any atom is -0.444 e. The Bertz CT molecular complexity index is 1040. The van der Waals surface area contributed by atoms with E-state index in [0.29, 0.717) is 22.6 Å². The first-order valence-corrected chi connectivity index (χ1v) is 11.0. The van der Waals surface area contributed by atoms with Crippen molar-refractivity contribution < 1.29 is 19.8 Å². The van der Waals surface area contributed by atoms with Gasteiger partial charge in [0.1, 0.15) is 11.2 Å². The summed E-state index contributed by atoms with van der Waals surface area (Å²) in [4.78, 5) is 18.4. The zero-order valence-electron chi connectivity index (χ0n) is 20.2. The molecule has 1 saturated heterocycles. The van der Waals surface area contributed by atoms with Gasteiger partial charge >= 0.3 is 6.09 Å². The fraction of sp³-hybridized carbons (Fsp3) is 0.480. The van der Waals surface area contributed by atoms with Crippen LogP contribution in [0.2, 0.25) is 0 Å². The quantitative estimate of drug-likeness (QED) is 0.273. The van der Waals surface area contributed by atoms with Crippen molar-refractivity contribution in [3.63, 3.8) is 0 Å². The van der Waals surface area contributed by atoms with Gasteiger partial charge in [0, 0.05) is 42.0 Å². The lowest BCUT2D eigenvalue weighted by molar-refractivity contribution is -0.131. The highest BCUT2D eigenvalue weighted by Crippen LogP contribution is 2.51. The second-order valence-corrected chi connectivity index (χ2v) is 10.3. The lowest BCUT2D eigenvalue weighted by Gasteiger charge is -2.56. The molecule has 3 rings (SSSR count). The van der Waals surface area contributed by atoms with Gasteiger partial charge in [0.15, 0.2) is 5.84 Å². The molecule has 8 heteroatoms. The molecule has 2 aromatic rings. The van der Waals surface area contributed by atoms with Gasteiger partial charge in [0.05, 0.1) is 0 Å². The second-order valence-electron chi connectivity index (χ2n) is 10.3. The topological polar surface area (TPSA) is 121 Å². The summed E-state index contributed by atoms with van der Waals surface area (Å²) >= 11 is 0. The third kappa shape index (κ3) is 4.66. The van der Waals surface area contributed by atoms with E-state index in [4.69, 9.17) is 15.7 Å². The number of aromatic nitrogens is 1. The van der Waals surface area contributed by atoms with Crippen molar-refractivity contribution in [2.75, 3.05) is 13.1 Å². The van der Waals surface area contributed by atoms with Crippen molar-refractivity contribution in [3.8, 4) is 0 Å². The number of likely N-dealkylation sites (tertiary alicyclic amines) is 1. The molecule has 0 aliphatic carbocycles. The summed E-state index contributed by atoms with van der Waals surface area (Å²) < 4.78 is 5.50. The number of amidine groups is 1. The van der Waals surface area contributed by atoms with Gasteiger partial charge in [-0.15, -0.1) is 0 Å². The maximum Gasteiger partial charge on any atom is 0.410 e. The number of oxime groups is 1. The molecule has 1 atom stereocenters. The summed E-state index contributed by atoms with van der Waals surface area (Å²) in [5, 5.41) is 24.5. The molecular weight excluding hydrogens is 420 g/mol. The van der Waals surface area contributed by atoms with Crippen LogP contribution in [0.25, 0.3) is 0 Å². The molecule has 1 fully saturated rings. The average molecular weight is 455 g/mol. The molecule has 33 heavy (non-hydrogen) atoms. The Kier molecular flexibility index (Phi) is 6.44. The lowest BCUT2D eigenvalue weighted by atomic mass is 9.62. The average Bonchev–Trinajstić information content (AvgIpc) is 2.74. The zero-order chi connectivity index (χ0) is 24.6. The number of hydrogen-bond acceptors (Lipinski definition) is 6. The molecule has 1 aromatic heterocycles. The number of nitrogens with two attached hydrogens (primary N) is 1. The summed E-state index contributed by atoms with van der Waals surface area (Å²) in [6, 6.07) is 9.48. The van der Waals surface area contributed by atoms with Crippen LogP contribution < -0.4 is 5.73 Å². The molecule has 178 valence electrons. The Morgan fingerprint density at radius 2 is 1.79 bits per heavy atom. The predicted molar refractivity (Wildman–Crippen MR) is 126 cm³/mol. The van der Waals surface area contributed by atoms with Gasteiger partial charge in [-0.3, -0.25) is 4.98 Å². The summed E-state index contributed by atoms with van der Waals surface area (Å²) in [5.74, 6) is 0.246. The van der Waals surface area contributed by atoms with Crippen LogP contribution in [0.15, 0.2) is 47.9 Å². The summed E-state index contributed by atoms with van der Waals surface area (Å²) in [5.41, 5.74) is 5.68. The van der Waals surface area contributed by atoms with Crippen molar-refractivity contribution in [1.82, 2.24) is 9.88 Å². The third-order valence-corrected chi connectivity index (χ3v) is 6.16. The van der Waals surface area contributed by atoms with Gasteiger partial charge in [-0.1, -0.05) is 50.2 Å². The Morgan fingerprint density at radius 3 is 2.30 bits per heavy atom. The van der Waals surface area contributed by atoms with Crippen LogP contribution in [-0.2, 0) is 10.3 Å². The maximum atomic E-state index is 12.6. The number of nitrogens with zero attached hydrogens (tertiary/aromatic N) is 3. The molecule has 2 heterocycles. The van der Waals surface area contributed by atoms with Crippen molar-refractivity contribution in [3.05, 3.63) is 65.0 Å². The van der Waals surface area contributed by atoms with Gasteiger partial charge in [0.2, 0.25) is 0 Å². The van der Waals surface area contributed by atoms with Crippen LogP contribution in [0.1, 0.15) is 69.7 Å². The minimum absolute atomic E-state index is 0.101. The van der Waals surface area contributed by atoms with E-state index in [1.807, 2.05) is 52.0 Å². The number of carbonyl (C=O) groups excluding carboxylic acids is 1. The van der Waals surface area contributed by atoms with Gasteiger partial charge in [0.25, 0.3) is 0 Å². The molecule has 1 amide bonds. The van der Waals surface area contributed by atoms with E-state index in [0.717, 1.165) is 5.56 Å². The number of carbonyl (C=O) groups is 1. The van der Waals surface area contributed by atoms with Gasteiger partial charge in [-0.25, -0.2) is 4.79 Å². The molecule has 1 aliphatic rings. The van der Waals surface area contributed by atoms with Gasteiger partial charge in [-0.2, -0.15) is 0 Å². The fourth-order valence-electron chi connectivity index (χ4n) is 4.29. The monoisotopic (exact) mass is 454 g/mol. The van der Waals surface area contributed by atoms with E-state index in [1.54, 1.807) is 17.2 Å². The predicted octanol–water partition coefficient (Wildman–Crippen LogP) is 3.79. The van der Waals surface area contributed by atoms with Crippen molar-refractivity contribution in [1.29, 1.82) is 0 Å². The molecule has 1 aromatic carbocycles. The zero-order valence-corrected chi connectivity index (χ0v) is 20.2. The summed E-state index contributed by atoms with van der Waals surface area (Å²) in [7, 11) is 0. The Morgan fingerprint density at radius 1 is 1.18 bits per heavy atom. The summed E-state index contributed by atoms with van der Waals surface area (Å²) in [6.45, 7) is 12.2. The lowest BCUT2D eigenvalue weighted by Crippen LogP contribution is -2.66. The van der Waals surface area contributed by atoms with Crippen molar-refractivity contribution >= 4 is 11.9 Å². The van der Waals surface area contributed by atoms with Crippen LogP contribution in [0.3, 0.4) is 0 Å². The smallest absolute Gasteiger partial charge is 0.410 e. The maximum absolute atomic E-state index is 12.6. The van der Waals surface area contributed by atoms with E-state index in [1.165, 1.54) is 6.20 Å². The standard InChI is InChI=1S/C25H34N4O4/c1-16(2)17-7-9-19(10-8-17)25(31,20-11-18(12-27-13-20)21(26)28-32)24(6)14-29(15-24)22(30)33-23(3,4)5/h7-13,16,31-32H,14-15H2,1-6H3,(H2,26,28). The van der Waals surface area contributed by atoms with Gasteiger partial charge in [-0.05, 0) is 43.9 Å². The normalized spacial score (nSPS) is 17.9. The van der Waals surface area contributed by atoms with Crippen LogP contribution in [0, 0.1) is 5.41 Å². The van der Waals surface area contributed by atoms with E-state index in [-0.39, 0.29) is 18.9 Å². The molecule has 1 aliphatic heterocycles. The summed E-state index contributed by atoms with van der Waals surface area (Å²) in [6.07, 6.45) is 2.63. The fourth-order valence-corrected chi connectivity index (χ4v) is 4.29. The molecule has 4 N–H and O–H groups in total. The molecule has 1 unspecified atom stereocenters. The van der Waals surface area contributed by atoms with Crippen LogP contribution in [-0.4, -0.2) is 50.8 Å². The number of pyridine rings is 1. The number of aliphatic hydroxyl groups is 1. The Hall–Kier alpha value is -3.13. The Labute approximate surface area is 195 Å². The number of hydrogen-bond donors (Lipinski definition) is 3. The van der Waals surface area contributed by atoms with Gasteiger partial charge < -0.3 is 25.7 Å². The first-order valence-electron chi connectivity index (χ1n) is 11.0. The second kappa shape index (κ2) is 8.67. The highest BCUT2D eigenvalue weighted by atomic mass is 16.6. The highest BCUT2D eigenvalue weighted by molar-refractivity contribution is 5.96. The largest absolute Gasteiger partial charge is 0.444 e. The van der Waals surface area contributed by atoms with E-state index >= 15 is 0 Å². The Balaban J connectivity index is 2.05. The highest BCUT2D eigenvalue weighted by Gasteiger charge is 2.58. The number of benzene rings is 1. The molecular formula is C25H34N4O4. The van der Waals surface area contributed by atoms with E-state index in [2.05, 4.69) is 24.0 Å². The van der Waals surface area contributed by atoms with Crippen molar-refractivity contribution in [2.24, 2.45) is 16.3 Å². The first kappa shape index (κ1) is 24.5. The molecule has 8 nitrogen and oxygen atoms in total. The molecule has 0 spiro atoms. The van der Waals surface area contributed by atoms with Crippen LogP contribution in [0.5, 0.6) is 0 Å². The third-order valence-electron chi connectivity index (χ3n) is 6.16. The van der Waals surface area contributed by atoms with Crippen LogP contribution >= 0.6 is 0 Å². The van der Waals surface area contributed by atoms with Crippen LogP contribution in [0.4, 0.5) is 4.79 Å².